The molecule has 0 spiro atoms. The Balaban J connectivity index is 2.08. The number of aliphatic hydroxyl groups excluding tert-OH is 7. The van der Waals surface area contributed by atoms with Gasteiger partial charge in [-0.25, -0.2) is 4.79 Å². The van der Waals surface area contributed by atoms with Crippen LogP contribution in [0.2, 0.25) is 0 Å². The molecular formula is C21H36O13. The molecule has 2 aliphatic rings. The summed E-state index contributed by atoms with van der Waals surface area (Å²) >= 11 is 0. The summed E-state index contributed by atoms with van der Waals surface area (Å²) in [6.07, 6.45) is -10.9. The van der Waals surface area contributed by atoms with E-state index in [1.54, 1.807) is 0 Å². The lowest BCUT2D eigenvalue weighted by atomic mass is 9.98. The highest BCUT2D eigenvalue weighted by Crippen LogP contribution is 2.29. The fraction of sp³-hybridized carbons (Fsp3) is 0.857. The first-order valence-electron chi connectivity index (χ1n) is 11.4. The summed E-state index contributed by atoms with van der Waals surface area (Å²) < 4.78 is 21.0. The van der Waals surface area contributed by atoms with Crippen molar-refractivity contribution in [1.29, 1.82) is 0 Å². The zero-order chi connectivity index (χ0) is 25.4. The molecule has 2 fully saturated rings. The van der Waals surface area contributed by atoms with Gasteiger partial charge in [-0.1, -0.05) is 32.6 Å². The van der Waals surface area contributed by atoms with Crippen LogP contribution in [0.4, 0.5) is 0 Å². The number of carboxylic acids is 1. The van der Waals surface area contributed by atoms with E-state index in [9.17, 15) is 45.6 Å². The summed E-state index contributed by atoms with van der Waals surface area (Å²) in [5.41, 5.74) is 0. The summed E-state index contributed by atoms with van der Waals surface area (Å²) in [5.74, 6) is -1.97. The lowest BCUT2D eigenvalue weighted by Gasteiger charge is -2.45. The van der Waals surface area contributed by atoms with Gasteiger partial charge < -0.3 is 59.8 Å². The van der Waals surface area contributed by atoms with Crippen LogP contribution in [0.15, 0.2) is 11.8 Å². The van der Waals surface area contributed by atoms with Gasteiger partial charge in [0, 0.05) is 0 Å². The van der Waals surface area contributed by atoms with E-state index in [2.05, 4.69) is 6.92 Å². The Bertz CT molecular complexity index is 657. The smallest absolute Gasteiger partial charge is 0.370 e. The van der Waals surface area contributed by atoms with Gasteiger partial charge in [0.2, 0.25) is 12.0 Å². The molecule has 8 N–H and O–H groups in total. The predicted octanol–water partition coefficient (Wildman–Crippen LogP) is -2.09. The quantitative estimate of drug-likeness (QED) is 0.0827. The first-order chi connectivity index (χ1) is 16.1. The molecule has 0 aromatic carbocycles. The van der Waals surface area contributed by atoms with Crippen molar-refractivity contribution in [2.24, 2.45) is 0 Å². The molecule has 0 aromatic rings. The zero-order valence-electron chi connectivity index (χ0n) is 18.9. The summed E-state index contributed by atoms with van der Waals surface area (Å²) in [4.78, 5) is 11.6. The predicted molar refractivity (Wildman–Crippen MR) is 112 cm³/mol. The van der Waals surface area contributed by atoms with Crippen LogP contribution in [0, 0.1) is 0 Å². The summed E-state index contributed by atoms with van der Waals surface area (Å²) in [6, 6.07) is 0. The molecule has 2 rings (SSSR count). The highest BCUT2D eigenvalue weighted by atomic mass is 16.8. The monoisotopic (exact) mass is 496 g/mol. The van der Waals surface area contributed by atoms with Gasteiger partial charge in [0.1, 0.15) is 42.7 Å². The average molecular weight is 497 g/mol. The number of allylic oxidation sites excluding steroid dienone is 1. The first-order valence-corrected chi connectivity index (χ1v) is 11.4. The number of carboxylic acid groups (broad SMARTS) is 1. The number of ether oxygens (including phenoxy) is 4. The molecule has 0 saturated carbocycles. The lowest BCUT2D eigenvalue weighted by molar-refractivity contribution is -0.377. The van der Waals surface area contributed by atoms with Crippen molar-refractivity contribution in [2.75, 3.05) is 6.61 Å². The van der Waals surface area contributed by atoms with E-state index >= 15 is 0 Å². The summed E-state index contributed by atoms with van der Waals surface area (Å²) in [7, 11) is 0. The van der Waals surface area contributed by atoms with Crippen LogP contribution in [0.5, 0.6) is 0 Å². The molecule has 0 amide bonds. The maximum absolute atomic E-state index is 11.6. The molecule has 0 radical (unpaired) electrons. The van der Waals surface area contributed by atoms with Gasteiger partial charge >= 0.3 is 5.97 Å². The summed E-state index contributed by atoms with van der Waals surface area (Å²) in [6.45, 7) is 1.33. The number of hydrogen-bond donors (Lipinski definition) is 8. The van der Waals surface area contributed by atoms with E-state index in [4.69, 9.17) is 18.9 Å². The number of unbranched alkanes of at least 4 members (excludes halogenated alkanes) is 5. The third-order valence-corrected chi connectivity index (χ3v) is 5.75. The van der Waals surface area contributed by atoms with Crippen molar-refractivity contribution >= 4 is 5.97 Å². The molecule has 0 aromatic heterocycles. The van der Waals surface area contributed by atoms with Gasteiger partial charge in [0.05, 0.1) is 6.61 Å². The Morgan fingerprint density at radius 2 is 1.50 bits per heavy atom. The number of aliphatic carboxylic acids is 1. The molecule has 0 bridgehead atoms. The molecule has 0 aliphatic carbocycles. The molecule has 10 atom stereocenters. The Hall–Kier alpha value is -1.39. The van der Waals surface area contributed by atoms with E-state index in [0.29, 0.717) is 6.42 Å². The number of rotatable bonds is 12. The minimum Gasteiger partial charge on any atom is -0.475 e. The standard InChI is InChI=1S/C21H36O13/c1-2-3-4-5-6-7-8-10(18(28)29)32-20-15(26)12(23)16(27)21(34-20)33-17-11(9-22)31-19(30)14(25)13(17)24/h8,11-17,19-27,30H,2-7,9H2,1H3,(H,28,29)/b10-8+/t11-,12-,13+,14-,15+,16-,17-,19-,20+,21-/m1/s1. The van der Waals surface area contributed by atoms with Crippen LogP contribution in [0.25, 0.3) is 0 Å². The third kappa shape index (κ3) is 7.31. The lowest BCUT2D eigenvalue weighted by Crippen LogP contribution is -2.64. The van der Waals surface area contributed by atoms with Gasteiger partial charge in [-0.05, 0) is 18.9 Å². The third-order valence-electron chi connectivity index (χ3n) is 5.75. The Kier molecular flexibility index (Phi) is 11.6. The van der Waals surface area contributed by atoms with E-state index in [1.165, 1.54) is 6.08 Å². The second-order valence-corrected chi connectivity index (χ2v) is 8.37. The van der Waals surface area contributed by atoms with Gasteiger partial charge in [-0.15, -0.1) is 0 Å². The van der Waals surface area contributed by atoms with Crippen LogP contribution >= 0.6 is 0 Å². The van der Waals surface area contributed by atoms with Crippen molar-refractivity contribution in [2.45, 2.75) is 107 Å². The zero-order valence-corrected chi connectivity index (χ0v) is 18.9. The van der Waals surface area contributed by atoms with E-state index < -0.39 is 79.9 Å². The molecule has 13 nitrogen and oxygen atoms in total. The van der Waals surface area contributed by atoms with Crippen LogP contribution < -0.4 is 0 Å². The Morgan fingerprint density at radius 3 is 2.12 bits per heavy atom. The molecule has 2 saturated heterocycles. The van der Waals surface area contributed by atoms with Crippen LogP contribution in [-0.4, -0.2) is 115 Å². The Labute approximate surface area is 196 Å². The maximum atomic E-state index is 11.6. The molecule has 2 heterocycles. The van der Waals surface area contributed by atoms with Crippen molar-refractivity contribution < 1.29 is 64.6 Å². The van der Waals surface area contributed by atoms with Crippen molar-refractivity contribution in [3.63, 3.8) is 0 Å². The molecular weight excluding hydrogens is 460 g/mol. The second-order valence-electron chi connectivity index (χ2n) is 8.37. The molecule has 198 valence electrons. The van der Waals surface area contributed by atoms with Gasteiger partial charge in [0.15, 0.2) is 12.6 Å². The average Bonchev–Trinajstić information content (AvgIpc) is 2.81. The van der Waals surface area contributed by atoms with E-state index in [1.807, 2.05) is 0 Å². The molecule has 0 unspecified atom stereocenters. The number of hydrogen-bond acceptors (Lipinski definition) is 12. The van der Waals surface area contributed by atoms with Gasteiger partial charge in [-0.3, -0.25) is 0 Å². The molecule has 13 heteroatoms. The van der Waals surface area contributed by atoms with E-state index in [0.717, 1.165) is 32.1 Å². The van der Waals surface area contributed by atoms with Crippen molar-refractivity contribution in [3.05, 3.63) is 11.8 Å². The highest BCUT2D eigenvalue weighted by Gasteiger charge is 2.51. The minimum absolute atomic E-state index is 0.392. The van der Waals surface area contributed by atoms with Crippen molar-refractivity contribution in [1.82, 2.24) is 0 Å². The topological polar surface area (TPSA) is 216 Å². The molecule has 34 heavy (non-hydrogen) atoms. The van der Waals surface area contributed by atoms with Crippen LogP contribution in [-0.2, 0) is 23.7 Å². The number of aliphatic hydroxyl groups is 7. The highest BCUT2D eigenvalue weighted by molar-refractivity contribution is 5.84. The van der Waals surface area contributed by atoms with Crippen molar-refractivity contribution in [3.8, 4) is 0 Å². The Morgan fingerprint density at radius 1 is 0.853 bits per heavy atom. The summed E-state index contributed by atoms with van der Waals surface area (Å²) in [5, 5.41) is 79.2. The fourth-order valence-electron chi connectivity index (χ4n) is 3.71. The maximum Gasteiger partial charge on any atom is 0.370 e. The van der Waals surface area contributed by atoms with Gasteiger partial charge in [-0.2, -0.15) is 0 Å². The van der Waals surface area contributed by atoms with E-state index in [-0.39, 0.29) is 0 Å². The fourth-order valence-corrected chi connectivity index (χ4v) is 3.71. The minimum atomic E-state index is -1.89. The van der Waals surface area contributed by atoms with Crippen LogP contribution in [0.3, 0.4) is 0 Å². The molecule has 2 aliphatic heterocycles. The largest absolute Gasteiger partial charge is 0.475 e. The SMILES string of the molecule is CCCCCCC/C=C(/O[C@H]1O[C@@H](O[C@H]2[C@@H](O)[C@@H](O)[C@H](O)O[C@@H]2CO)[C@H](O)[C@H](O)[C@@H]1O)C(=O)O. The van der Waals surface area contributed by atoms with Gasteiger partial charge in [0.25, 0.3) is 0 Å². The first kappa shape index (κ1) is 28.8. The number of carbonyl (C=O) groups is 1. The second kappa shape index (κ2) is 13.6. The van der Waals surface area contributed by atoms with Crippen LogP contribution in [0.1, 0.15) is 45.4 Å². The normalized spacial score (nSPS) is 39.1.